The molecule has 6 heteroatoms. The maximum absolute atomic E-state index is 11.5. The third-order valence-electron chi connectivity index (χ3n) is 14.0. The molecule has 14 aromatic rings. The fraction of sp³-hybridized carbons (Fsp3) is 0. The molecule has 10 aromatic carbocycles. The predicted octanol–water partition coefficient (Wildman–Crippen LogP) is 15.5. The lowest BCUT2D eigenvalue weighted by Crippen LogP contribution is -2.07. The molecule has 0 bridgehead atoms. The molecule has 14 rings (SSSR count). The van der Waals surface area contributed by atoms with Gasteiger partial charge in [-0.05, 0) is 72.8 Å². The molecule has 0 fully saturated rings. The van der Waals surface area contributed by atoms with Crippen molar-refractivity contribution in [1.82, 2.24) is 18.3 Å². The van der Waals surface area contributed by atoms with Gasteiger partial charge >= 0.3 is 0 Å². The summed E-state index contributed by atoms with van der Waals surface area (Å²) >= 11 is 0. The third kappa shape index (κ3) is 5.20. The van der Waals surface area contributed by atoms with Gasteiger partial charge in [-0.2, -0.15) is 10.5 Å². The predicted molar refractivity (Wildman–Crippen MR) is 279 cm³/mol. The highest BCUT2D eigenvalue weighted by molar-refractivity contribution is 6.14. The Kier molecular flexibility index (Phi) is 8.01. The number of para-hydroxylation sites is 8. The van der Waals surface area contributed by atoms with Gasteiger partial charge in [0, 0.05) is 54.2 Å². The summed E-state index contributed by atoms with van der Waals surface area (Å²) in [6, 6.07) is 81.7. The minimum atomic E-state index is 0.459. The molecule has 68 heavy (non-hydrogen) atoms. The van der Waals surface area contributed by atoms with Gasteiger partial charge in [-0.25, -0.2) is 0 Å². The lowest BCUT2D eigenvalue weighted by atomic mass is 9.93. The minimum Gasteiger partial charge on any atom is -0.307 e. The minimum absolute atomic E-state index is 0.459. The Morgan fingerprint density at radius 1 is 0.235 bits per heavy atom. The molecule has 0 spiro atoms. The Morgan fingerprint density at radius 2 is 0.412 bits per heavy atom. The normalized spacial score (nSPS) is 11.8. The highest BCUT2D eigenvalue weighted by Gasteiger charge is 2.26. The summed E-state index contributed by atoms with van der Waals surface area (Å²) in [4.78, 5) is 0. The maximum atomic E-state index is 11.5. The van der Waals surface area contributed by atoms with Gasteiger partial charge in [0.15, 0.2) is 0 Å². The van der Waals surface area contributed by atoms with E-state index in [4.69, 9.17) is 0 Å². The summed E-state index contributed by atoms with van der Waals surface area (Å²) in [6.07, 6.45) is 0. The van der Waals surface area contributed by atoms with E-state index in [0.29, 0.717) is 22.3 Å². The zero-order chi connectivity index (χ0) is 45.0. The second-order valence-electron chi connectivity index (χ2n) is 17.5. The van der Waals surface area contributed by atoms with Crippen LogP contribution in [-0.4, -0.2) is 18.3 Å². The first-order valence-electron chi connectivity index (χ1n) is 22.8. The number of aromatic nitrogens is 4. The van der Waals surface area contributed by atoms with E-state index in [1.54, 1.807) is 0 Å². The van der Waals surface area contributed by atoms with Crippen LogP contribution in [0.1, 0.15) is 11.1 Å². The van der Waals surface area contributed by atoms with Crippen LogP contribution in [0.25, 0.3) is 121 Å². The van der Waals surface area contributed by atoms with E-state index in [9.17, 15) is 10.5 Å². The second-order valence-corrected chi connectivity index (χ2v) is 17.5. The van der Waals surface area contributed by atoms with Crippen LogP contribution >= 0.6 is 0 Å². The summed E-state index contributed by atoms with van der Waals surface area (Å²) < 4.78 is 9.27. The number of nitrogens with zero attached hydrogens (tertiary/aromatic N) is 6. The molecule has 0 radical (unpaired) electrons. The van der Waals surface area contributed by atoms with Crippen molar-refractivity contribution in [3.8, 4) is 46.0 Å². The second kappa shape index (κ2) is 14.4. The largest absolute Gasteiger partial charge is 0.307 e. The molecule has 0 aliphatic carbocycles. The molecule has 0 aliphatic rings. The van der Waals surface area contributed by atoms with Gasteiger partial charge in [-0.3, -0.25) is 0 Å². The lowest BCUT2D eigenvalue weighted by Gasteiger charge is -2.22. The average molecular weight is 865 g/mol. The number of hydrogen-bond acceptors (Lipinski definition) is 2. The van der Waals surface area contributed by atoms with Crippen molar-refractivity contribution in [2.24, 2.45) is 0 Å². The van der Waals surface area contributed by atoms with Crippen LogP contribution in [-0.2, 0) is 0 Å². The molecular weight excluding hydrogens is 829 g/mol. The maximum Gasteiger partial charge on any atom is 0.0999 e. The van der Waals surface area contributed by atoms with Crippen LogP contribution in [0.2, 0.25) is 0 Å². The van der Waals surface area contributed by atoms with Gasteiger partial charge in [0.25, 0.3) is 0 Å². The van der Waals surface area contributed by atoms with E-state index < -0.39 is 0 Å². The summed E-state index contributed by atoms with van der Waals surface area (Å²) in [5.74, 6) is 0. The fourth-order valence-corrected chi connectivity index (χ4v) is 11.2. The molecule has 0 saturated heterocycles. The molecule has 6 nitrogen and oxygen atoms in total. The summed E-state index contributed by atoms with van der Waals surface area (Å²) in [7, 11) is 0. The van der Waals surface area contributed by atoms with E-state index >= 15 is 0 Å². The van der Waals surface area contributed by atoms with E-state index in [2.05, 4.69) is 237 Å². The van der Waals surface area contributed by atoms with Crippen molar-refractivity contribution < 1.29 is 0 Å². The molecule has 0 unspecified atom stereocenters. The van der Waals surface area contributed by atoms with Gasteiger partial charge in [0.05, 0.1) is 90.1 Å². The fourth-order valence-electron chi connectivity index (χ4n) is 11.2. The van der Waals surface area contributed by atoms with Crippen molar-refractivity contribution in [2.75, 3.05) is 0 Å². The van der Waals surface area contributed by atoms with E-state index in [1.165, 1.54) is 0 Å². The number of fused-ring (bicyclic) bond motifs is 12. The van der Waals surface area contributed by atoms with Crippen molar-refractivity contribution in [3.63, 3.8) is 0 Å². The van der Waals surface area contributed by atoms with Gasteiger partial charge in [0.1, 0.15) is 0 Å². The van der Waals surface area contributed by atoms with Crippen molar-refractivity contribution >= 4 is 87.2 Å². The molecule has 314 valence electrons. The molecule has 0 amide bonds. The lowest BCUT2D eigenvalue weighted by molar-refractivity contribution is 1.09. The SMILES string of the molecule is N#Cc1cc(-n2c3ccccc3c3ccccc32)c(-n2c3ccccc3c3ccccc32)cc1-c1cc(-n2c3ccccc3c3ccccc32)c(-n2c3ccccc3c3ccccc32)cc1C#N. The van der Waals surface area contributed by atoms with Crippen LogP contribution in [0.4, 0.5) is 0 Å². The zero-order valence-electron chi connectivity index (χ0n) is 36.5. The van der Waals surface area contributed by atoms with Crippen LogP contribution in [0.15, 0.2) is 218 Å². The standard InChI is InChI=1S/C62H36N6/c63-37-39-33-59(65-51-25-9-1-17-41(51)42-18-2-10-26-52(42)65)61(67-55-29-13-5-21-45(55)46-22-6-14-30-56(46)67)35-49(39)50-36-62(68-57-31-15-7-23-47(57)48-24-8-16-32-58(48)68)60(34-40(50)38-64)66-53-27-11-3-19-43(53)44-20-4-12-28-54(44)66/h1-36H. The Bertz CT molecular complexity index is 4030. The number of benzene rings is 10. The number of nitriles is 2. The Labute approximate surface area is 389 Å². The first-order chi connectivity index (χ1) is 33.7. The van der Waals surface area contributed by atoms with E-state index in [0.717, 1.165) is 110 Å². The molecule has 0 atom stereocenters. The van der Waals surface area contributed by atoms with E-state index in [-0.39, 0.29) is 0 Å². The van der Waals surface area contributed by atoms with Crippen molar-refractivity contribution in [3.05, 3.63) is 230 Å². The summed E-state index contributed by atoms with van der Waals surface area (Å²) in [6.45, 7) is 0. The van der Waals surface area contributed by atoms with Crippen molar-refractivity contribution in [2.45, 2.75) is 0 Å². The topological polar surface area (TPSA) is 67.3 Å². The van der Waals surface area contributed by atoms with Gasteiger partial charge in [0.2, 0.25) is 0 Å². The molecule has 4 heterocycles. The Hall–Kier alpha value is -9.62. The molecular formula is C62H36N6. The first-order valence-corrected chi connectivity index (χ1v) is 22.8. The molecule has 4 aromatic heterocycles. The van der Waals surface area contributed by atoms with Gasteiger partial charge in [-0.1, -0.05) is 146 Å². The Balaban J connectivity index is 1.15. The average Bonchev–Trinajstić information content (AvgIpc) is 4.13. The van der Waals surface area contributed by atoms with Crippen molar-refractivity contribution in [1.29, 1.82) is 10.5 Å². The number of rotatable bonds is 5. The molecule has 0 aliphatic heterocycles. The molecule has 0 saturated carbocycles. The number of hydrogen-bond donors (Lipinski definition) is 0. The monoisotopic (exact) mass is 864 g/mol. The highest BCUT2D eigenvalue weighted by Crippen LogP contribution is 2.45. The third-order valence-corrected chi connectivity index (χ3v) is 14.0. The smallest absolute Gasteiger partial charge is 0.0999 e. The first kappa shape index (κ1) is 37.7. The van der Waals surface area contributed by atoms with Crippen LogP contribution in [0, 0.1) is 22.7 Å². The van der Waals surface area contributed by atoms with Gasteiger partial charge in [-0.15, -0.1) is 0 Å². The summed E-state index contributed by atoms with van der Waals surface area (Å²) in [5.41, 5.74) is 14.1. The van der Waals surface area contributed by atoms with E-state index in [1.807, 2.05) is 12.1 Å². The summed E-state index contributed by atoms with van der Waals surface area (Å²) in [5, 5.41) is 32.0. The van der Waals surface area contributed by atoms with Crippen LogP contribution in [0.5, 0.6) is 0 Å². The zero-order valence-corrected chi connectivity index (χ0v) is 36.5. The van der Waals surface area contributed by atoms with Crippen LogP contribution < -0.4 is 0 Å². The molecule has 0 N–H and O–H groups in total. The Morgan fingerprint density at radius 3 is 0.603 bits per heavy atom. The van der Waals surface area contributed by atoms with Gasteiger partial charge < -0.3 is 18.3 Å². The van der Waals surface area contributed by atoms with Crippen LogP contribution in [0.3, 0.4) is 0 Å². The highest BCUT2D eigenvalue weighted by atomic mass is 15.1. The quantitative estimate of drug-likeness (QED) is 0.173.